The third kappa shape index (κ3) is 1.00. The smallest absolute Gasteiger partial charge is 0.142 e. The second-order valence-corrected chi connectivity index (χ2v) is 4.85. The van der Waals surface area contributed by atoms with Crippen LogP contribution < -0.4 is 0 Å². The molecule has 0 aromatic carbocycles. The van der Waals surface area contributed by atoms with Crippen LogP contribution in [-0.4, -0.2) is 28.2 Å². The number of aliphatic hydroxyl groups excluding tert-OH is 2. The predicted molar refractivity (Wildman–Crippen MR) is 47.0 cm³/mol. The molecule has 0 saturated heterocycles. The number of rotatable bonds is 0. The maximum atomic E-state index is 11.6. The van der Waals surface area contributed by atoms with E-state index in [-0.39, 0.29) is 17.6 Å². The Bertz CT molecular complexity index is 247. The highest BCUT2D eigenvalue weighted by molar-refractivity contribution is 5.93. The van der Waals surface area contributed by atoms with Crippen molar-refractivity contribution in [3.8, 4) is 0 Å². The van der Waals surface area contributed by atoms with E-state index >= 15 is 0 Å². The number of Topliss-reactive ketones (excluding diaryl/α,β-unsaturated/α-hetero) is 1. The fraction of sp³-hybridized carbons (Fsp3) is 0.900. The van der Waals surface area contributed by atoms with Crippen molar-refractivity contribution in [1.29, 1.82) is 0 Å². The van der Waals surface area contributed by atoms with Crippen LogP contribution in [0.2, 0.25) is 0 Å². The molecule has 3 heteroatoms. The Morgan fingerprint density at radius 1 is 1.31 bits per heavy atom. The van der Waals surface area contributed by atoms with Crippen LogP contribution in [0.5, 0.6) is 0 Å². The zero-order chi connectivity index (χ0) is 9.80. The number of fused-ring (bicyclic) bond motifs is 1. The lowest BCUT2D eigenvalue weighted by Gasteiger charge is -2.55. The summed E-state index contributed by atoms with van der Waals surface area (Å²) in [5.74, 6) is 0.237. The monoisotopic (exact) mass is 184 g/mol. The molecule has 2 saturated carbocycles. The first-order valence-corrected chi connectivity index (χ1v) is 4.86. The average molecular weight is 184 g/mol. The zero-order valence-corrected chi connectivity index (χ0v) is 8.03. The van der Waals surface area contributed by atoms with Crippen molar-refractivity contribution in [2.75, 3.05) is 0 Å². The first kappa shape index (κ1) is 9.16. The third-order valence-corrected chi connectivity index (χ3v) is 3.77. The summed E-state index contributed by atoms with van der Waals surface area (Å²) in [6.45, 7) is 3.72. The normalized spacial score (nSPS) is 48.2. The highest BCUT2D eigenvalue weighted by Crippen LogP contribution is 2.54. The van der Waals surface area contributed by atoms with Gasteiger partial charge >= 0.3 is 0 Å². The van der Waals surface area contributed by atoms with Gasteiger partial charge in [-0.3, -0.25) is 4.79 Å². The van der Waals surface area contributed by atoms with E-state index in [9.17, 15) is 15.0 Å². The molecular weight excluding hydrogens is 168 g/mol. The Hall–Kier alpha value is -0.410. The molecule has 0 bridgehead atoms. The van der Waals surface area contributed by atoms with Crippen molar-refractivity contribution in [3.63, 3.8) is 0 Å². The summed E-state index contributed by atoms with van der Waals surface area (Å²) < 4.78 is 0. The van der Waals surface area contributed by atoms with Crippen LogP contribution in [0.3, 0.4) is 0 Å². The molecule has 4 atom stereocenters. The second kappa shape index (κ2) is 2.55. The van der Waals surface area contributed by atoms with Crippen LogP contribution in [0.1, 0.15) is 26.7 Å². The summed E-state index contributed by atoms with van der Waals surface area (Å²) in [4.78, 5) is 11.6. The number of carbonyl (C=O) groups is 1. The molecule has 2 N–H and O–H groups in total. The van der Waals surface area contributed by atoms with Gasteiger partial charge in [0.05, 0.1) is 12.2 Å². The molecule has 74 valence electrons. The van der Waals surface area contributed by atoms with Gasteiger partial charge in [-0.1, -0.05) is 13.8 Å². The minimum atomic E-state index is -0.702. The van der Waals surface area contributed by atoms with Crippen molar-refractivity contribution < 1.29 is 15.0 Å². The van der Waals surface area contributed by atoms with Gasteiger partial charge in [-0.05, 0) is 12.8 Å². The Morgan fingerprint density at radius 2 is 1.92 bits per heavy atom. The predicted octanol–water partition coefficient (Wildman–Crippen LogP) is 0.343. The minimum absolute atomic E-state index is 0.00778. The maximum absolute atomic E-state index is 11.6. The maximum Gasteiger partial charge on any atom is 0.142 e. The molecule has 0 aromatic rings. The zero-order valence-electron chi connectivity index (χ0n) is 8.03. The van der Waals surface area contributed by atoms with E-state index in [1.807, 2.05) is 13.8 Å². The quantitative estimate of drug-likeness (QED) is 0.571. The fourth-order valence-electron chi connectivity index (χ4n) is 2.95. The molecule has 2 fully saturated rings. The number of carbonyl (C=O) groups excluding carboxylic acids is 1. The molecule has 2 rings (SSSR count). The molecule has 0 aliphatic heterocycles. The van der Waals surface area contributed by atoms with Gasteiger partial charge in [0.15, 0.2) is 0 Å². The van der Waals surface area contributed by atoms with Gasteiger partial charge in [0.25, 0.3) is 0 Å². The van der Waals surface area contributed by atoms with E-state index in [1.165, 1.54) is 0 Å². The van der Waals surface area contributed by atoms with Crippen LogP contribution in [0.25, 0.3) is 0 Å². The van der Waals surface area contributed by atoms with Crippen LogP contribution in [0.15, 0.2) is 0 Å². The Kier molecular flexibility index (Phi) is 1.79. The van der Waals surface area contributed by atoms with Crippen LogP contribution in [-0.2, 0) is 4.79 Å². The molecule has 0 radical (unpaired) electrons. The molecule has 2 aliphatic rings. The van der Waals surface area contributed by atoms with Gasteiger partial charge in [0.1, 0.15) is 5.78 Å². The summed E-state index contributed by atoms with van der Waals surface area (Å²) in [5, 5.41) is 19.2. The Balaban J connectivity index is 2.22. The van der Waals surface area contributed by atoms with E-state index < -0.39 is 17.6 Å². The number of hydrogen-bond acceptors (Lipinski definition) is 3. The van der Waals surface area contributed by atoms with Crippen LogP contribution >= 0.6 is 0 Å². The summed E-state index contributed by atoms with van der Waals surface area (Å²) >= 11 is 0. The van der Waals surface area contributed by atoms with Gasteiger partial charge in [-0.15, -0.1) is 0 Å². The average Bonchev–Trinajstić information content (AvgIpc) is 2.08. The lowest BCUT2D eigenvalue weighted by molar-refractivity contribution is -0.183. The lowest BCUT2D eigenvalue weighted by Crippen LogP contribution is -2.63. The first-order valence-electron chi connectivity index (χ1n) is 4.86. The molecule has 0 aromatic heterocycles. The van der Waals surface area contributed by atoms with Gasteiger partial charge < -0.3 is 10.2 Å². The minimum Gasteiger partial charge on any atom is -0.390 e. The topological polar surface area (TPSA) is 57.5 Å². The highest BCUT2D eigenvalue weighted by Gasteiger charge is 2.61. The lowest BCUT2D eigenvalue weighted by atomic mass is 9.49. The van der Waals surface area contributed by atoms with Crippen molar-refractivity contribution >= 4 is 5.78 Å². The molecule has 0 amide bonds. The number of ketones is 1. The molecule has 13 heavy (non-hydrogen) atoms. The van der Waals surface area contributed by atoms with Crippen molar-refractivity contribution in [2.24, 2.45) is 17.3 Å². The Morgan fingerprint density at radius 3 is 2.54 bits per heavy atom. The molecule has 0 heterocycles. The van der Waals surface area contributed by atoms with E-state index in [0.717, 1.165) is 6.42 Å². The third-order valence-electron chi connectivity index (χ3n) is 3.77. The molecular formula is C10H16O3. The van der Waals surface area contributed by atoms with Crippen molar-refractivity contribution in [3.05, 3.63) is 0 Å². The summed E-state index contributed by atoms with van der Waals surface area (Å²) in [5.41, 5.74) is -0.425. The highest BCUT2D eigenvalue weighted by atomic mass is 16.3. The van der Waals surface area contributed by atoms with E-state index in [0.29, 0.717) is 6.42 Å². The largest absolute Gasteiger partial charge is 0.390 e. The molecule has 2 aliphatic carbocycles. The van der Waals surface area contributed by atoms with E-state index in [1.54, 1.807) is 0 Å². The standard InChI is InChI=1S/C10H16O3/c1-10(2)7-5(9(10)13)3-4-6(11)8(7)12/h5-8,11-12H,3-4H2,1-2H3. The first-order chi connectivity index (χ1) is 5.96. The van der Waals surface area contributed by atoms with Gasteiger partial charge in [0.2, 0.25) is 0 Å². The summed E-state index contributed by atoms with van der Waals surface area (Å²) in [7, 11) is 0. The molecule has 3 nitrogen and oxygen atoms in total. The van der Waals surface area contributed by atoms with Crippen molar-refractivity contribution in [1.82, 2.24) is 0 Å². The molecule has 4 unspecified atom stereocenters. The Labute approximate surface area is 77.8 Å². The number of aliphatic hydroxyl groups is 2. The summed E-state index contributed by atoms with van der Waals surface area (Å²) in [6, 6.07) is 0. The van der Waals surface area contributed by atoms with Crippen LogP contribution in [0.4, 0.5) is 0 Å². The van der Waals surface area contributed by atoms with E-state index in [4.69, 9.17) is 0 Å². The second-order valence-electron chi connectivity index (χ2n) is 4.85. The van der Waals surface area contributed by atoms with Crippen molar-refractivity contribution in [2.45, 2.75) is 38.9 Å². The molecule has 0 spiro atoms. The fourth-order valence-corrected chi connectivity index (χ4v) is 2.95. The van der Waals surface area contributed by atoms with Gasteiger partial charge in [0, 0.05) is 17.3 Å². The SMILES string of the molecule is CC1(C)C(=O)C2CCC(O)C(O)C21. The van der Waals surface area contributed by atoms with E-state index in [2.05, 4.69) is 0 Å². The van der Waals surface area contributed by atoms with Crippen LogP contribution in [0, 0.1) is 17.3 Å². The van der Waals surface area contributed by atoms with Gasteiger partial charge in [-0.25, -0.2) is 0 Å². The summed E-state index contributed by atoms with van der Waals surface area (Å²) in [6.07, 6.45) is -0.0324. The number of hydrogen-bond donors (Lipinski definition) is 2. The van der Waals surface area contributed by atoms with Gasteiger partial charge in [-0.2, -0.15) is 0 Å².